The molecule has 0 unspecified atom stereocenters. The van der Waals surface area contributed by atoms with Crippen molar-refractivity contribution in [2.45, 2.75) is 25.7 Å². The first-order chi connectivity index (χ1) is 6.95. The molecule has 14 heavy (non-hydrogen) atoms. The monoisotopic (exact) mass is 182 g/mol. The van der Waals surface area contributed by atoms with Gasteiger partial charge in [0.2, 0.25) is 0 Å². The molecule has 0 N–H and O–H groups in total. The Bertz CT molecular complexity index is 413. The quantitative estimate of drug-likeness (QED) is 0.568. The highest BCUT2D eigenvalue weighted by Gasteiger charge is 2.16. The van der Waals surface area contributed by atoms with E-state index >= 15 is 0 Å². The largest absolute Gasteiger partial charge is 0.0623 e. The van der Waals surface area contributed by atoms with E-state index in [0.29, 0.717) is 0 Å². The molecule has 3 rings (SSSR count). The molecule has 1 fully saturated rings. The van der Waals surface area contributed by atoms with Crippen molar-refractivity contribution in [3.05, 3.63) is 47.0 Å². The molecule has 0 radical (unpaired) electrons. The van der Waals surface area contributed by atoms with Gasteiger partial charge in [-0.05, 0) is 42.4 Å². The van der Waals surface area contributed by atoms with E-state index < -0.39 is 0 Å². The van der Waals surface area contributed by atoms with Crippen molar-refractivity contribution in [2.24, 2.45) is 0 Å². The average molecular weight is 182 g/mol. The molecule has 0 aliphatic heterocycles. The second-order valence-electron chi connectivity index (χ2n) is 4.14. The predicted octanol–water partition coefficient (Wildman–Crippen LogP) is 4.04. The highest BCUT2D eigenvalue weighted by Crippen LogP contribution is 2.37. The van der Waals surface area contributed by atoms with Crippen LogP contribution >= 0.6 is 0 Å². The van der Waals surface area contributed by atoms with Crippen LogP contribution in [0.3, 0.4) is 0 Å². The first-order valence-corrected chi connectivity index (χ1v) is 5.45. The van der Waals surface area contributed by atoms with E-state index in [1.165, 1.54) is 42.4 Å². The maximum Gasteiger partial charge on any atom is -0.0112 e. The van der Waals surface area contributed by atoms with Gasteiger partial charge in [0.1, 0.15) is 0 Å². The lowest BCUT2D eigenvalue weighted by atomic mass is 10.0. The summed E-state index contributed by atoms with van der Waals surface area (Å²) < 4.78 is 0. The molecule has 0 bridgehead atoms. The fourth-order valence-corrected chi connectivity index (χ4v) is 2.53. The zero-order chi connectivity index (χ0) is 9.38. The second-order valence-corrected chi connectivity index (χ2v) is 4.14. The first kappa shape index (κ1) is 8.05. The molecular formula is C14H14. The van der Waals surface area contributed by atoms with Crippen LogP contribution in [0.25, 0.3) is 11.6 Å². The minimum Gasteiger partial charge on any atom is -0.0623 e. The highest BCUT2D eigenvalue weighted by atomic mass is 14.2. The van der Waals surface area contributed by atoms with E-state index in [4.69, 9.17) is 0 Å². The Morgan fingerprint density at radius 2 is 1.64 bits per heavy atom. The second kappa shape index (κ2) is 3.13. The summed E-state index contributed by atoms with van der Waals surface area (Å²) in [5.74, 6) is 0. The van der Waals surface area contributed by atoms with Gasteiger partial charge in [-0.3, -0.25) is 0 Å². The molecule has 2 aliphatic carbocycles. The molecule has 1 aromatic carbocycles. The smallest absolute Gasteiger partial charge is 0.0112 e. The molecular weight excluding hydrogens is 168 g/mol. The molecule has 0 heterocycles. The van der Waals surface area contributed by atoms with Crippen LogP contribution in [-0.4, -0.2) is 0 Å². The summed E-state index contributed by atoms with van der Waals surface area (Å²) in [6.07, 6.45) is 9.94. The summed E-state index contributed by atoms with van der Waals surface area (Å²) in [6.45, 7) is 0. The van der Waals surface area contributed by atoms with Crippen LogP contribution in [0, 0.1) is 0 Å². The van der Waals surface area contributed by atoms with Gasteiger partial charge >= 0.3 is 0 Å². The summed E-state index contributed by atoms with van der Waals surface area (Å²) in [5, 5.41) is 0. The van der Waals surface area contributed by atoms with Crippen molar-refractivity contribution < 1.29 is 0 Å². The van der Waals surface area contributed by atoms with Crippen LogP contribution in [0.2, 0.25) is 0 Å². The fraction of sp³-hybridized carbons (Fsp3) is 0.286. The van der Waals surface area contributed by atoms with Gasteiger partial charge in [-0.1, -0.05) is 42.0 Å². The maximum atomic E-state index is 2.30. The minimum atomic E-state index is 1.31. The molecule has 70 valence electrons. The molecule has 0 amide bonds. The lowest BCUT2D eigenvalue weighted by Gasteiger charge is -2.04. The van der Waals surface area contributed by atoms with E-state index in [9.17, 15) is 0 Å². The van der Waals surface area contributed by atoms with Crippen molar-refractivity contribution in [2.75, 3.05) is 0 Å². The number of fused-ring (bicyclic) bond motifs is 1. The predicted molar refractivity (Wildman–Crippen MR) is 60.9 cm³/mol. The van der Waals surface area contributed by atoms with Crippen LogP contribution in [0.1, 0.15) is 36.8 Å². The Kier molecular flexibility index (Phi) is 1.80. The van der Waals surface area contributed by atoms with E-state index in [-0.39, 0.29) is 0 Å². The molecule has 0 spiro atoms. The zero-order valence-electron chi connectivity index (χ0n) is 8.29. The highest BCUT2D eigenvalue weighted by molar-refractivity contribution is 5.91. The molecule has 0 saturated heterocycles. The SMILES string of the molecule is C1=Cc2ccccc2C1=C1CCCC1. The Balaban J connectivity index is 2.13. The Labute approximate surface area is 85.0 Å². The zero-order valence-corrected chi connectivity index (χ0v) is 8.29. The molecule has 0 aromatic heterocycles. The van der Waals surface area contributed by atoms with Crippen molar-refractivity contribution >= 4 is 11.6 Å². The first-order valence-electron chi connectivity index (χ1n) is 5.45. The molecule has 1 saturated carbocycles. The summed E-state index contributed by atoms with van der Waals surface area (Å²) in [5.41, 5.74) is 6.02. The summed E-state index contributed by atoms with van der Waals surface area (Å²) >= 11 is 0. The fourth-order valence-electron chi connectivity index (χ4n) is 2.53. The van der Waals surface area contributed by atoms with Gasteiger partial charge in [0.05, 0.1) is 0 Å². The van der Waals surface area contributed by atoms with Gasteiger partial charge < -0.3 is 0 Å². The number of hydrogen-bond acceptors (Lipinski definition) is 0. The number of hydrogen-bond donors (Lipinski definition) is 0. The van der Waals surface area contributed by atoms with Crippen LogP contribution in [0.15, 0.2) is 35.9 Å². The van der Waals surface area contributed by atoms with Crippen molar-refractivity contribution in [3.8, 4) is 0 Å². The Hall–Kier alpha value is -1.30. The maximum absolute atomic E-state index is 2.30. The molecule has 0 atom stereocenters. The Morgan fingerprint density at radius 3 is 2.50 bits per heavy atom. The topological polar surface area (TPSA) is 0 Å². The summed E-state index contributed by atoms with van der Waals surface area (Å²) in [6, 6.07) is 8.71. The molecule has 2 aliphatic rings. The van der Waals surface area contributed by atoms with E-state index in [0.717, 1.165) is 0 Å². The minimum absolute atomic E-state index is 1.31. The van der Waals surface area contributed by atoms with Crippen molar-refractivity contribution in [1.82, 2.24) is 0 Å². The lowest BCUT2D eigenvalue weighted by Crippen LogP contribution is -1.84. The van der Waals surface area contributed by atoms with E-state index in [2.05, 4.69) is 36.4 Å². The van der Waals surface area contributed by atoms with Gasteiger partial charge in [-0.25, -0.2) is 0 Å². The van der Waals surface area contributed by atoms with E-state index in [1.54, 1.807) is 5.57 Å². The van der Waals surface area contributed by atoms with Gasteiger partial charge in [0.15, 0.2) is 0 Å². The third kappa shape index (κ3) is 1.14. The number of rotatable bonds is 0. The molecule has 0 nitrogen and oxygen atoms in total. The van der Waals surface area contributed by atoms with Crippen LogP contribution in [0.5, 0.6) is 0 Å². The van der Waals surface area contributed by atoms with Gasteiger partial charge in [0, 0.05) is 0 Å². The standard InChI is InChI=1S/C14H14/c1-2-6-11(5-1)14-10-9-12-7-3-4-8-13(12)14/h3-4,7-10H,1-2,5-6H2. The van der Waals surface area contributed by atoms with Crippen LogP contribution in [0.4, 0.5) is 0 Å². The van der Waals surface area contributed by atoms with Crippen LogP contribution < -0.4 is 0 Å². The number of benzene rings is 1. The van der Waals surface area contributed by atoms with Gasteiger partial charge in [0.25, 0.3) is 0 Å². The third-order valence-corrected chi connectivity index (χ3v) is 3.27. The van der Waals surface area contributed by atoms with Gasteiger partial charge in [-0.15, -0.1) is 0 Å². The van der Waals surface area contributed by atoms with E-state index in [1.807, 2.05) is 0 Å². The van der Waals surface area contributed by atoms with Crippen LogP contribution in [-0.2, 0) is 0 Å². The number of allylic oxidation sites excluding steroid dienone is 3. The third-order valence-electron chi connectivity index (χ3n) is 3.27. The average Bonchev–Trinajstić information content (AvgIpc) is 2.85. The summed E-state index contributed by atoms with van der Waals surface area (Å²) in [7, 11) is 0. The normalized spacial score (nSPS) is 19.1. The summed E-state index contributed by atoms with van der Waals surface area (Å²) in [4.78, 5) is 0. The van der Waals surface area contributed by atoms with Gasteiger partial charge in [-0.2, -0.15) is 0 Å². The Morgan fingerprint density at radius 1 is 0.857 bits per heavy atom. The molecule has 0 heteroatoms. The molecule has 1 aromatic rings. The van der Waals surface area contributed by atoms with Crippen molar-refractivity contribution in [1.29, 1.82) is 0 Å². The lowest BCUT2D eigenvalue weighted by molar-refractivity contribution is 0.886. The van der Waals surface area contributed by atoms with Crippen molar-refractivity contribution in [3.63, 3.8) is 0 Å².